The van der Waals surface area contributed by atoms with E-state index in [0.717, 1.165) is 11.1 Å². The minimum atomic E-state index is -0.340. The Morgan fingerprint density at radius 3 is 2.56 bits per heavy atom. The Balaban J connectivity index is 1.56. The number of benzene rings is 3. The molecule has 1 aromatic heterocycles. The molecule has 0 aliphatic carbocycles. The van der Waals surface area contributed by atoms with Crippen molar-refractivity contribution in [3.05, 3.63) is 107 Å². The SMILES string of the molecule is COCCNC(=O)c1cccc(CSc2nnc(Cc3ccccc3)n2-c2ccccc2F)c1. The Morgan fingerprint density at radius 1 is 1.00 bits per heavy atom. The number of aromatic nitrogens is 3. The highest BCUT2D eigenvalue weighted by Crippen LogP contribution is 2.27. The lowest BCUT2D eigenvalue weighted by Gasteiger charge is -2.11. The Morgan fingerprint density at radius 2 is 1.76 bits per heavy atom. The van der Waals surface area contributed by atoms with Crippen molar-refractivity contribution in [2.75, 3.05) is 20.3 Å². The van der Waals surface area contributed by atoms with Crippen LogP contribution in [0.25, 0.3) is 5.69 Å². The fraction of sp³-hybridized carbons (Fsp3) is 0.192. The van der Waals surface area contributed by atoms with Crippen molar-refractivity contribution in [3.63, 3.8) is 0 Å². The first-order chi connectivity index (χ1) is 16.7. The summed E-state index contributed by atoms with van der Waals surface area (Å²) >= 11 is 1.45. The summed E-state index contributed by atoms with van der Waals surface area (Å²) in [7, 11) is 1.59. The van der Waals surface area contributed by atoms with Crippen LogP contribution >= 0.6 is 11.8 Å². The molecule has 4 rings (SSSR count). The molecular weight excluding hydrogens is 451 g/mol. The minimum absolute atomic E-state index is 0.149. The zero-order chi connectivity index (χ0) is 23.8. The molecule has 3 aromatic carbocycles. The first kappa shape index (κ1) is 23.7. The summed E-state index contributed by atoms with van der Waals surface area (Å²) in [5.74, 6) is 0.721. The predicted molar refractivity (Wildman–Crippen MR) is 131 cm³/mol. The third kappa shape index (κ3) is 5.89. The average molecular weight is 477 g/mol. The van der Waals surface area contributed by atoms with Gasteiger partial charge >= 0.3 is 0 Å². The van der Waals surface area contributed by atoms with Crippen LogP contribution in [-0.4, -0.2) is 40.9 Å². The number of nitrogens with zero attached hydrogens (tertiary/aromatic N) is 3. The third-order valence-corrected chi connectivity index (χ3v) is 6.15. The van der Waals surface area contributed by atoms with Crippen molar-refractivity contribution in [2.45, 2.75) is 17.3 Å². The van der Waals surface area contributed by atoms with Gasteiger partial charge in [-0.1, -0.05) is 66.4 Å². The molecule has 0 unspecified atom stereocenters. The molecule has 6 nitrogen and oxygen atoms in total. The summed E-state index contributed by atoms with van der Waals surface area (Å²) in [6.07, 6.45) is 0.528. The molecule has 0 saturated carbocycles. The molecule has 0 spiro atoms. The van der Waals surface area contributed by atoms with Crippen molar-refractivity contribution < 1.29 is 13.9 Å². The fourth-order valence-corrected chi connectivity index (χ4v) is 4.39. The van der Waals surface area contributed by atoms with Crippen LogP contribution in [-0.2, 0) is 16.9 Å². The highest BCUT2D eigenvalue weighted by atomic mass is 32.2. The molecule has 0 bridgehead atoms. The first-order valence-corrected chi connectivity index (χ1v) is 11.9. The summed E-state index contributed by atoms with van der Waals surface area (Å²) in [4.78, 5) is 12.4. The number of thioether (sulfide) groups is 1. The molecule has 1 heterocycles. The monoisotopic (exact) mass is 476 g/mol. The predicted octanol–water partition coefficient (Wildman–Crippen LogP) is 4.67. The normalized spacial score (nSPS) is 10.9. The second-order valence-electron chi connectivity index (χ2n) is 7.59. The maximum absolute atomic E-state index is 14.7. The highest BCUT2D eigenvalue weighted by molar-refractivity contribution is 7.98. The van der Waals surface area contributed by atoms with E-state index in [4.69, 9.17) is 4.74 Å². The number of hydrogen-bond acceptors (Lipinski definition) is 5. The van der Waals surface area contributed by atoms with E-state index in [0.29, 0.717) is 47.6 Å². The number of methoxy groups -OCH3 is 1. The Bertz CT molecular complexity index is 1250. The number of carbonyl (C=O) groups is 1. The third-order valence-electron chi connectivity index (χ3n) is 5.15. The summed E-state index contributed by atoms with van der Waals surface area (Å²) < 4.78 is 21.5. The maximum atomic E-state index is 14.7. The topological polar surface area (TPSA) is 69.0 Å². The maximum Gasteiger partial charge on any atom is 0.251 e. The Kier molecular flexibility index (Phi) is 8.06. The standard InChI is InChI=1S/C26H25FN4O2S/c1-33-15-14-28-25(32)21-11-7-10-20(16-21)18-34-26-30-29-24(17-19-8-3-2-4-9-19)31(26)23-13-6-5-12-22(23)27/h2-13,16H,14-15,17-18H2,1H3,(H,28,32). The average Bonchev–Trinajstić information content (AvgIpc) is 3.26. The Hall–Kier alpha value is -3.49. The summed E-state index contributed by atoms with van der Waals surface area (Å²) in [6.45, 7) is 0.905. The van der Waals surface area contributed by atoms with E-state index >= 15 is 0 Å². The molecular formula is C26H25FN4O2S. The van der Waals surface area contributed by atoms with E-state index in [1.807, 2.05) is 48.5 Å². The number of carbonyl (C=O) groups excluding carboxylic acids is 1. The van der Waals surface area contributed by atoms with Crippen LogP contribution in [0.5, 0.6) is 0 Å². The number of hydrogen-bond donors (Lipinski definition) is 1. The van der Waals surface area contributed by atoms with Gasteiger partial charge in [-0.3, -0.25) is 9.36 Å². The van der Waals surface area contributed by atoms with Crippen molar-refractivity contribution in [1.82, 2.24) is 20.1 Å². The van der Waals surface area contributed by atoms with Crippen molar-refractivity contribution in [2.24, 2.45) is 0 Å². The van der Waals surface area contributed by atoms with E-state index < -0.39 is 0 Å². The number of nitrogens with one attached hydrogen (secondary N) is 1. The first-order valence-electron chi connectivity index (χ1n) is 10.9. The molecule has 1 amide bonds. The molecule has 0 aliphatic heterocycles. The summed E-state index contributed by atoms with van der Waals surface area (Å²) in [6, 6.07) is 24.0. The zero-order valence-corrected chi connectivity index (χ0v) is 19.6. The van der Waals surface area contributed by atoms with Gasteiger partial charge in [0.05, 0.1) is 12.3 Å². The number of ether oxygens (including phenoxy) is 1. The van der Waals surface area contributed by atoms with Crippen LogP contribution in [0.3, 0.4) is 0 Å². The molecule has 8 heteroatoms. The fourth-order valence-electron chi connectivity index (χ4n) is 3.48. The van der Waals surface area contributed by atoms with Crippen molar-refractivity contribution in [3.8, 4) is 5.69 Å². The lowest BCUT2D eigenvalue weighted by atomic mass is 10.1. The lowest BCUT2D eigenvalue weighted by Crippen LogP contribution is -2.26. The van der Waals surface area contributed by atoms with Gasteiger partial charge in [0.1, 0.15) is 11.6 Å². The lowest BCUT2D eigenvalue weighted by molar-refractivity contribution is 0.0937. The van der Waals surface area contributed by atoms with Crippen molar-refractivity contribution in [1.29, 1.82) is 0 Å². The van der Waals surface area contributed by atoms with E-state index in [2.05, 4.69) is 15.5 Å². The number of halogens is 1. The van der Waals surface area contributed by atoms with Crippen LogP contribution in [0.4, 0.5) is 4.39 Å². The molecule has 174 valence electrons. The number of amides is 1. The van der Waals surface area contributed by atoms with Crippen LogP contribution in [0.2, 0.25) is 0 Å². The second-order valence-corrected chi connectivity index (χ2v) is 8.53. The molecule has 0 saturated heterocycles. The molecule has 1 N–H and O–H groups in total. The van der Waals surface area contributed by atoms with Gasteiger partial charge in [-0.25, -0.2) is 4.39 Å². The minimum Gasteiger partial charge on any atom is -0.383 e. The van der Waals surface area contributed by atoms with E-state index in [1.165, 1.54) is 17.8 Å². The van der Waals surface area contributed by atoms with Gasteiger partial charge in [0.15, 0.2) is 5.16 Å². The van der Waals surface area contributed by atoms with Gasteiger partial charge in [0.2, 0.25) is 0 Å². The summed E-state index contributed by atoms with van der Waals surface area (Å²) in [5, 5.41) is 12.2. The largest absolute Gasteiger partial charge is 0.383 e. The van der Waals surface area contributed by atoms with Gasteiger partial charge in [-0.05, 0) is 35.4 Å². The quantitative estimate of drug-likeness (QED) is 0.266. The molecule has 0 aliphatic rings. The van der Waals surface area contributed by atoms with Gasteiger partial charge in [0.25, 0.3) is 5.91 Å². The van der Waals surface area contributed by atoms with Gasteiger partial charge < -0.3 is 10.1 Å². The number of para-hydroxylation sites is 1. The molecule has 0 atom stereocenters. The highest BCUT2D eigenvalue weighted by Gasteiger charge is 2.18. The van der Waals surface area contributed by atoms with Gasteiger partial charge in [-0.2, -0.15) is 0 Å². The van der Waals surface area contributed by atoms with Crippen LogP contribution in [0.1, 0.15) is 27.3 Å². The molecule has 0 radical (unpaired) electrons. The van der Waals surface area contributed by atoms with E-state index in [1.54, 1.807) is 35.9 Å². The molecule has 4 aromatic rings. The van der Waals surface area contributed by atoms with Crippen LogP contribution in [0, 0.1) is 5.82 Å². The van der Waals surface area contributed by atoms with E-state index in [-0.39, 0.29) is 11.7 Å². The van der Waals surface area contributed by atoms with E-state index in [9.17, 15) is 9.18 Å². The molecule has 0 fully saturated rings. The Labute approximate surface area is 202 Å². The summed E-state index contributed by atoms with van der Waals surface area (Å²) in [5.41, 5.74) is 3.01. The van der Waals surface area contributed by atoms with Gasteiger partial charge in [0, 0.05) is 31.4 Å². The number of rotatable bonds is 10. The van der Waals surface area contributed by atoms with Gasteiger partial charge in [-0.15, -0.1) is 10.2 Å². The van der Waals surface area contributed by atoms with Crippen LogP contribution < -0.4 is 5.32 Å². The zero-order valence-electron chi connectivity index (χ0n) is 18.8. The second kappa shape index (κ2) is 11.6. The smallest absolute Gasteiger partial charge is 0.251 e. The van der Waals surface area contributed by atoms with Crippen molar-refractivity contribution >= 4 is 17.7 Å². The molecule has 34 heavy (non-hydrogen) atoms. The van der Waals surface area contributed by atoms with Crippen LogP contribution in [0.15, 0.2) is 84.0 Å².